The van der Waals surface area contributed by atoms with Crippen molar-refractivity contribution in [1.82, 2.24) is 4.90 Å². The predicted molar refractivity (Wildman–Crippen MR) is 83.4 cm³/mol. The highest BCUT2D eigenvalue weighted by molar-refractivity contribution is 5.69. The first-order valence-electron chi connectivity index (χ1n) is 7.08. The molecule has 0 aliphatic carbocycles. The molecule has 1 atom stereocenters. The van der Waals surface area contributed by atoms with Crippen molar-refractivity contribution in [3.05, 3.63) is 0 Å². The van der Waals surface area contributed by atoms with Crippen molar-refractivity contribution < 1.29 is 14.3 Å². The smallest absolute Gasteiger partial charge is 0.412 e. The van der Waals surface area contributed by atoms with Gasteiger partial charge in [0.15, 0.2) is 0 Å². The highest BCUT2D eigenvalue weighted by atomic mass is 16.6. The van der Waals surface area contributed by atoms with E-state index in [-0.39, 0.29) is 12.1 Å². The maximum Gasteiger partial charge on any atom is 0.412 e. The molecule has 0 radical (unpaired) electrons. The Kier molecular flexibility index (Phi) is 9.35. The molecule has 0 saturated carbocycles. The van der Waals surface area contributed by atoms with E-state index in [1.807, 2.05) is 55.4 Å². The molecular weight excluding hydrogens is 254 g/mol. The van der Waals surface area contributed by atoms with E-state index in [1.165, 1.54) is 0 Å². The number of carbonyl (C=O) groups is 1. The molecule has 0 bridgehead atoms. The Balaban J connectivity index is 0. The quantitative estimate of drug-likeness (QED) is 0.630. The van der Waals surface area contributed by atoms with E-state index < -0.39 is 11.3 Å². The molecule has 118 valence electrons. The minimum atomic E-state index is -0.568. The van der Waals surface area contributed by atoms with Gasteiger partial charge in [0, 0.05) is 0 Å². The molecule has 1 fully saturated rings. The fourth-order valence-corrected chi connectivity index (χ4v) is 1.71. The molecule has 1 unspecified atom stereocenters. The predicted octanol–water partition coefficient (Wildman–Crippen LogP) is 4.04. The summed E-state index contributed by atoms with van der Waals surface area (Å²) in [6.45, 7) is 17.5. The van der Waals surface area contributed by atoms with E-state index in [2.05, 4.69) is 12.3 Å². The Bertz CT molecular complexity index is 324. The van der Waals surface area contributed by atoms with Gasteiger partial charge in [0.2, 0.25) is 0 Å². The van der Waals surface area contributed by atoms with Crippen LogP contribution in [0.2, 0.25) is 0 Å². The van der Waals surface area contributed by atoms with E-state index in [1.54, 1.807) is 11.8 Å². The van der Waals surface area contributed by atoms with Crippen LogP contribution >= 0.6 is 0 Å². The van der Waals surface area contributed by atoms with Crippen LogP contribution in [0.25, 0.3) is 0 Å². The maximum absolute atomic E-state index is 11.9. The number of rotatable bonds is 0. The lowest BCUT2D eigenvalue weighted by atomic mass is 10.2. The van der Waals surface area contributed by atoms with E-state index in [0.717, 1.165) is 0 Å². The summed E-state index contributed by atoms with van der Waals surface area (Å²) in [7, 11) is 0. The number of amides is 1. The minimum Gasteiger partial charge on any atom is -0.444 e. The molecule has 0 aromatic carbocycles. The van der Waals surface area contributed by atoms with Gasteiger partial charge in [0.25, 0.3) is 0 Å². The molecule has 1 saturated heterocycles. The molecule has 0 N–H and O–H groups in total. The highest BCUT2D eigenvalue weighted by Crippen LogP contribution is 2.28. The SMILES string of the molecule is C#CC.CC.CC1COC(C)(C)N1C(=O)OC(C)(C)C. The van der Waals surface area contributed by atoms with Gasteiger partial charge in [0.05, 0.1) is 12.6 Å². The van der Waals surface area contributed by atoms with Gasteiger partial charge in [-0.2, -0.15) is 0 Å². The third-order valence-corrected chi connectivity index (χ3v) is 2.29. The molecular formula is C16H31NO3. The average Bonchev–Trinajstić information content (AvgIpc) is 2.54. The fraction of sp³-hybridized carbons (Fsp3) is 0.812. The third-order valence-electron chi connectivity index (χ3n) is 2.29. The van der Waals surface area contributed by atoms with Crippen molar-refractivity contribution in [1.29, 1.82) is 0 Å². The van der Waals surface area contributed by atoms with Gasteiger partial charge in [-0.1, -0.05) is 13.8 Å². The van der Waals surface area contributed by atoms with Gasteiger partial charge in [-0.3, -0.25) is 4.90 Å². The summed E-state index contributed by atoms with van der Waals surface area (Å²) in [5.41, 5.74) is -1.03. The zero-order valence-electron chi connectivity index (χ0n) is 14.5. The van der Waals surface area contributed by atoms with Crippen LogP contribution < -0.4 is 0 Å². The summed E-state index contributed by atoms with van der Waals surface area (Å²) < 4.78 is 10.9. The second kappa shape index (κ2) is 8.86. The van der Waals surface area contributed by atoms with Gasteiger partial charge in [-0.25, -0.2) is 4.79 Å². The molecule has 4 heteroatoms. The van der Waals surface area contributed by atoms with Crippen molar-refractivity contribution >= 4 is 6.09 Å². The summed E-state index contributed by atoms with van der Waals surface area (Å²) >= 11 is 0. The molecule has 1 aliphatic rings. The van der Waals surface area contributed by atoms with Crippen molar-refractivity contribution in [2.24, 2.45) is 0 Å². The lowest BCUT2D eigenvalue weighted by Crippen LogP contribution is -2.48. The first-order valence-corrected chi connectivity index (χ1v) is 7.08. The number of nitrogens with zero attached hydrogens (tertiary/aromatic N) is 1. The minimum absolute atomic E-state index is 0.0647. The van der Waals surface area contributed by atoms with Crippen LogP contribution in [0.15, 0.2) is 0 Å². The fourth-order valence-electron chi connectivity index (χ4n) is 1.71. The first kappa shape index (κ1) is 21.1. The summed E-state index contributed by atoms with van der Waals surface area (Å²) in [4.78, 5) is 13.6. The summed E-state index contributed by atoms with van der Waals surface area (Å²) in [5.74, 6) is 2.25. The van der Waals surface area contributed by atoms with Crippen LogP contribution in [-0.2, 0) is 9.47 Å². The maximum atomic E-state index is 11.9. The highest BCUT2D eigenvalue weighted by Gasteiger charge is 2.43. The summed E-state index contributed by atoms with van der Waals surface area (Å²) in [5, 5.41) is 0. The van der Waals surface area contributed by atoms with Crippen LogP contribution in [0.4, 0.5) is 4.79 Å². The number of carbonyl (C=O) groups excluding carboxylic acids is 1. The van der Waals surface area contributed by atoms with Gasteiger partial charge in [-0.05, 0) is 48.5 Å². The second-order valence-electron chi connectivity index (χ2n) is 5.75. The monoisotopic (exact) mass is 285 g/mol. The van der Waals surface area contributed by atoms with E-state index >= 15 is 0 Å². The van der Waals surface area contributed by atoms with Gasteiger partial charge in [0.1, 0.15) is 11.3 Å². The van der Waals surface area contributed by atoms with E-state index in [9.17, 15) is 4.79 Å². The standard InChI is InChI=1S/C11H21NO3.C3H4.C2H6/c1-8-7-14-11(5,6)12(8)9(13)15-10(2,3)4;1-3-2;1-2/h8H,7H2,1-6H3;1H,2H3;1-2H3. The Hall–Kier alpha value is -1.21. The van der Waals surface area contributed by atoms with Crippen LogP contribution in [0.1, 0.15) is 62.3 Å². The molecule has 20 heavy (non-hydrogen) atoms. The Morgan fingerprint density at radius 1 is 1.40 bits per heavy atom. The van der Waals surface area contributed by atoms with Crippen molar-refractivity contribution in [3.8, 4) is 12.3 Å². The molecule has 0 spiro atoms. The van der Waals surface area contributed by atoms with E-state index in [0.29, 0.717) is 6.61 Å². The second-order valence-corrected chi connectivity index (χ2v) is 5.75. The average molecular weight is 285 g/mol. The van der Waals surface area contributed by atoms with Crippen molar-refractivity contribution in [2.75, 3.05) is 6.61 Å². The number of hydrogen-bond donors (Lipinski definition) is 0. The Morgan fingerprint density at radius 3 is 2.05 bits per heavy atom. The molecule has 1 aliphatic heterocycles. The van der Waals surface area contributed by atoms with Crippen LogP contribution in [0.5, 0.6) is 0 Å². The molecule has 0 aromatic rings. The Labute approximate surface area is 124 Å². The number of hydrogen-bond acceptors (Lipinski definition) is 3. The first-order chi connectivity index (χ1) is 9.05. The Morgan fingerprint density at radius 2 is 1.80 bits per heavy atom. The van der Waals surface area contributed by atoms with Gasteiger partial charge >= 0.3 is 6.09 Å². The zero-order chi connectivity index (χ0) is 16.6. The summed E-state index contributed by atoms with van der Waals surface area (Å²) in [6.07, 6.45) is 4.29. The van der Waals surface area contributed by atoms with Gasteiger partial charge in [-0.15, -0.1) is 12.3 Å². The summed E-state index contributed by atoms with van der Waals surface area (Å²) in [6, 6.07) is 0.0647. The lowest BCUT2D eigenvalue weighted by Gasteiger charge is -2.34. The number of ether oxygens (including phenoxy) is 2. The van der Waals surface area contributed by atoms with Crippen LogP contribution in [0.3, 0.4) is 0 Å². The molecule has 4 nitrogen and oxygen atoms in total. The van der Waals surface area contributed by atoms with Crippen molar-refractivity contribution in [2.45, 2.75) is 79.7 Å². The van der Waals surface area contributed by atoms with Crippen LogP contribution in [0, 0.1) is 12.3 Å². The molecule has 1 heterocycles. The van der Waals surface area contributed by atoms with Crippen LogP contribution in [-0.4, -0.2) is 35.0 Å². The molecule has 0 aromatic heterocycles. The molecule has 1 amide bonds. The largest absolute Gasteiger partial charge is 0.444 e. The van der Waals surface area contributed by atoms with Crippen molar-refractivity contribution in [3.63, 3.8) is 0 Å². The topological polar surface area (TPSA) is 38.8 Å². The molecule has 1 rings (SSSR count). The van der Waals surface area contributed by atoms with Gasteiger partial charge < -0.3 is 9.47 Å². The van der Waals surface area contributed by atoms with E-state index in [4.69, 9.17) is 9.47 Å². The third kappa shape index (κ3) is 7.40. The zero-order valence-corrected chi connectivity index (χ0v) is 14.5. The lowest BCUT2D eigenvalue weighted by molar-refractivity contribution is -0.0618. The normalized spacial score (nSPS) is 19.8. The number of terminal acetylenes is 1.